The average Bonchev–Trinajstić information content (AvgIpc) is 3.08. The maximum absolute atomic E-state index is 13.8. The maximum atomic E-state index is 13.8. The molecule has 2 aromatic carbocycles. The van der Waals surface area contributed by atoms with Crippen molar-refractivity contribution in [3.05, 3.63) is 59.5 Å². The molecule has 0 saturated heterocycles. The van der Waals surface area contributed by atoms with Gasteiger partial charge in [-0.1, -0.05) is 6.07 Å². The van der Waals surface area contributed by atoms with Crippen molar-refractivity contribution >= 4 is 22.4 Å². The molecule has 1 amide bonds. The predicted molar refractivity (Wildman–Crippen MR) is 94.6 cm³/mol. The van der Waals surface area contributed by atoms with E-state index in [1.54, 1.807) is 29.6 Å². The summed E-state index contributed by atoms with van der Waals surface area (Å²) in [5.41, 5.74) is 0.479. The van der Waals surface area contributed by atoms with Crippen molar-refractivity contribution in [3.63, 3.8) is 0 Å². The number of halogens is 2. The third-order valence-corrected chi connectivity index (χ3v) is 4.13. The van der Waals surface area contributed by atoms with Crippen LogP contribution in [-0.2, 0) is 4.79 Å². The van der Waals surface area contributed by atoms with Crippen molar-refractivity contribution in [3.8, 4) is 22.8 Å². The molecule has 0 radical (unpaired) electrons. The quantitative estimate of drug-likeness (QED) is 0.703. The van der Waals surface area contributed by atoms with Crippen molar-refractivity contribution in [1.82, 2.24) is 4.98 Å². The molecule has 0 aliphatic carbocycles. The van der Waals surface area contributed by atoms with Gasteiger partial charge in [0, 0.05) is 23.1 Å². The lowest BCUT2D eigenvalue weighted by molar-refractivity contribution is -0.118. The van der Waals surface area contributed by atoms with Crippen LogP contribution in [-0.4, -0.2) is 24.6 Å². The zero-order valence-corrected chi connectivity index (χ0v) is 14.5. The number of aromatic nitrogens is 1. The number of thiazole rings is 1. The van der Waals surface area contributed by atoms with Gasteiger partial charge in [0.2, 0.25) is 0 Å². The van der Waals surface area contributed by atoms with Gasteiger partial charge in [0.1, 0.15) is 23.1 Å². The Balaban J connectivity index is 1.60. The van der Waals surface area contributed by atoms with Gasteiger partial charge in [-0.15, -0.1) is 11.3 Å². The van der Waals surface area contributed by atoms with E-state index in [0.29, 0.717) is 22.3 Å². The van der Waals surface area contributed by atoms with Crippen LogP contribution in [0.25, 0.3) is 11.3 Å². The van der Waals surface area contributed by atoms with Crippen LogP contribution in [0.3, 0.4) is 0 Å². The summed E-state index contributed by atoms with van der Waals surface area (Å²) in [4.78, 5) is 16.1. The Hall–Kier alpha value is -3.00. The molecular weight excluding hydrogens is 362 g/mol. The van der Waals surface area contributed by atoms with Crippen LogP contribution < -0.4 is 14.8 Å². The number of methoxy groups -OCH3 is 1. The van der Waals surface area contributed by atoms with E-state index in [9.17, 15) is 13.6 Å². The lowest BCUT2D eigenvalue weighted by Gasteiger charge is -2.07. The molecule has 3 rings (SSSR count). The first-order valence-electron chi connectivity index (χ1n) is 7.53. The SMILES string of the molecule is COc1cccc(OCC(=O)Nc2nc(-c3ccc(F)cc3F)cs2)c1. The zero-order valence-electron chi connectivity index (χ0n) is 13.7. The van der Waals surface area contributed by atoms with E-state index in [4.69, 9.17) is 9.47 Å². The van der Waals surface area contributed by atoms with Gasteiger partial charge >= 0.3 is 0 Å². The molecule has 0 aliphatic rings. The lowest BCUT2D eigenvalue weighted by atomic mass is 10.1. The fraction of sp³-hybridized carbons (Fsp3) is 0.111. The Morgan fingerprint density at radius 3 is 2.77 bits per heavy atom. The number of carbonyl (C=O) groups is 1. The van der Waals surface area contributed by atoms with Gasteiger partial charge in [-0.3, -0.25) is 10.1 Å². The fourth-order valence-electron chi connectivity index (χ4n) is 2.15. The first-order valence-corrected chi connectivity index (χ1v) is 8.41. The number of rotatable bonds is 6. The number of benzene rings is 2. The monoisotopic (exact) mass is 376 g/mol. The topological polar surface area (TPSA) is 60.5 Å². The predicted octanol–water partition coefficient (Wildman–Crippen LogP) is 4.11. The van der Waals surface area contributed by atoms with Gasteiger partial charge in [-0.25, -0.2) is 13.8 Å². The normalized spacial score (nSPS) is 10.4. The van der Waals surface area contributed by atoms with Gasteiger partial charge in [0.15, 0.2) is 11.7 Å². The molecule has 8 heteroatoms. The van der Waals surface area contributed by atoms with Crippen LogP contribution in [0.15, 0.2) is 47.8 Å². The Kier molecular flexibility index (Phi) is 5.43. The first-order chi connectivity index (χ1) is 12.5. The van der Waals surface area contributed by atoms with E-state index in [-0.39, 0.29) is 12.2 Å². The van der Waals surface area contributed by atoms with Crippen LogP contribution in [0, 0.1) is 11.6 Å². The van der Waals surface area contributed by atoms with E-state index in [1.165, 1.54) is 13.2 Å². The maximum Gasteiger partial charge on any atom is 0.264 e. The Morgan fingerprint density at radius 2 is 2.00 bits per heavy atom. The minimum atomic E-state index is -0.713. The smallest absolute Gasteiger partial charge is 0.264 e. The van der Waals surface area contributed by atoms with Crippen LogP contribution in [0.5, 0.6) is 11.5 Å². The average molecular weight is 376 g/mol. The molecule has 3 aromatic rings. The van der Waals surface area contributed by atoms with Crippen LogP contribution in [0.4, 0.5) is 13.9 Å². The van der Waals surface area contributed by atoms with Gasteiger partial charge in [-0.2, -0.15) is 0 Å². The van der Waals surface area contributed by atoms with Crippen molar-refractivity contribution in [2.75, 3.05) is 19.0 Å². The largest absolute Gasteiger partial charge is 0.497 e. The summed E-state index contributed by atoms with van der Waals surface area (Å²) in [7, 11) is 1.54. The third-order valence-electron chi connectivity index (χ3n) is 3.37. The van der Waals surface area contributed by atoms with Crippen molar-refractivity contribution < 1.29 is 23.0 Å². The molecule has 0 bridgehead atoms. The standard InChI is InChI=1S/C18H14F2N2O3S/c1-24-12-3-2-4-13(8-12)25-9-17(23)22-18-21-16(10-26-18)14-6-5-11(19)7-15(14)20/h2-8,10H,9H2,1H3,(H,21,22,23). The number of anilines is 1. The summed E-state index contributed by atoms with van der Waals surface area (Å²) in [6.07, 6.45) is 0. The van der Waals surface area contributed by atoms with E-state index >= 15 is 0 Å². The highest BCUT2D eigenvalue weighted by atomic mass is 32.1. The Morgan fingerprint density at radius 1 is 1.19 bits per heavy atom. The number of ether oxygens (including phenoxy) is 2. The van der Waals surface area contributed by atoms with Gasteiger partial charge in [-0.05, 0) is 24.3 Å². The molecule has 1 aromatic heterocycles. The molecule has 5 nitrogen and oxygen atoms in total. The van der Waals surface area contributed by atoms with E-state index in [0.717, 1.165) is 23.5 Å². The molecule has 26 heavy (non-hydrogen) atoms. The number of carbonyl (C=O) groups excluding carboxylic acids is 1. The fourth-order valence-corrected chi connectivity index (χ4v) is 2.87. The van der Waals surface area contributed by atoms with Gasteiger partial charge in [0.05, 0.1) is 12.8 Å². The Bertz CT molecular complexity index is 930. The van der Waals surface area contributed by atoms with Gasteiger partial charge < -0.3 is 9.47 Å². The molecule has 0 aliphatic heterocycles. The number of nitrogens with one attached hydrogen (secondary N) is 1. The van der Waals surface area contributed by atoms with Gasteiger partial charge in [0.25, 0.3) is 5.91 Å². The van der Waals surface area contributed by atoms with E-state index < -0.39 is 17.5 Å². The minimum Gasteiger partial charge on any atom is -0.497 e. The molecule has 134 valence electrons. The molecule has 0 atom stereocenters. The highest BCUT2D eigenvalue weighted by Crippen LogP contribution is 2.27. The number of hydrogen-bond donors (Lipinski definition) is 1. The number of hydrogen-bond acceptors (Lipinski definition) is 5. The second kappa shape index (κ2) is 7.92. The van der Waals surface area contributed by atoms with Crippen molar-refractivity contribution in [2.45, 2.75) is 0 Å². The molecule has 0 unspecified atom stereocenters. The third kappa shape index (κ3) is 4.34. The highest BCUT2D eigenvalue weighted by Gasteiger charge is 2.12. The van der Waals surface area contributed by atoms with E-state index in [1.807, 2.05) is 0 Å². The van der Waals surface area contributed by atoms with Crippen LogP contribution in [0.1, 0.15) is 0 Å². The molecule has 0 spiro atoms. The highest BCUT2D eigenvalue weighted by molar-refractivity contribution is 7.14. The van der Waals surface area contributed by atoms with Crippen LogP contribution in [0.2, 0.25) is 0 Å². The summed E-state index contributed by atoms with van der Waals surface area (Å²) in [5, 5.41) is 4.45. The minimum absolute atomic E-state index is 0.163. The second-order valence-corrected chi connectivity index (χ2v) is 6.04. The summed E-state index contributed by atoms with van der Waals surface area (Å²) in [5.74, 6) is -0.672. The summed E-state index contributed by atoms with van der Waals surface area (Å²) in [6.45, 7) is -0.215. The summed E-state index contributed by atoms with van der Waals surface area (Å²) < 4.78 is 37.2. The number of amides is 1. The van der Waals surface area contributed by atoms with Crippen molar-refractivity contribution in [2.24, 2.45) is 0 Å². The molecule has 1 heterocycles. The lowest BCUT2D eigenvalue weighted by Crippen LogP contribution is -2.20. The molecule has 0 fully saturated rings. The zero-order chi connectivity index (χ0) is 18.5. The first kappa shape index (κ1) is 17.8. The summed E-state index contributed by atoms with van der Waals surface area (Å²) >= 11 is 1.13. The summed E-state index contributed by atoms with van der Waals surface area (Å²) in [6, 6.07) is 10.1. The van der Waals surface area contributed by atoms with E-state index in [2.05, 4.69) is 10.3 Å². The van der Waals surface area contributed by atoms with Crippen molar-refractivity contribution in [1.29, 1.82) is 0 Å². The molecule has 1 N–H and O–H groups in total. The number of nitrogens with zero attached hydrogens (tertiary/aromatic N) is 1. The second-order valence-electron chi connectivity index (χ2n) is 5.18. The molecular formula is C18H14F2N2O3S. The molecule has 0 saturated carbocycles. The Labute approximate surface area is 152 Å². The van der Waals surface area contributed by atoms with Crippen LogP contribution >= 0.6 is 11.3 Å².